The molecule has 2 heteroatoms. The summed E-state index contributed by atoms with van der Waals surface area (Å²) in [6.07, 6.45) is 17.7. The lowest BCUT2D eigenvalue weighted by Crippen LogP contribution is -2.24. The molecule has 0 amide bonds. The Morgan fingerprint density at radius 3 is 1.53 bits per heavy atom. The maximum Gasteiger partial charge on any atom is 0.0497 e. The van der Waals surface area contributed by atoms with Crippen LogP contribution in [0, 0.1) is 0 Å². The molecule has 0 radical (unpaired) electrons. The summed E-state index contributed by atoms with van der Waals surface area (Å²) in [7, 11) is 0. The van der Waals surface area contributed by atoms with E-state index >= 15 is 0 Å². The van der Waals surface area contributed by atoms with Crippen molar-refractivity contribution in [3.8, 4) is 33.4 Å². The summed E-state index contributed by atoms with van der Waals surface area (Å²) in [5, 5.41) is 4.98. The second-order valence-electron chi connectivity index (χ2n) is 18.2. The van der Waals surface area contributed by atoms with Crippen LogP contribution in [0.1, 0.15) is 47.9 Å². The van der Waals surface area contributed by atoms with E-state index in [2.05, 4.69) is 228 Å². The zero-order chi connectivity index (χ0) is 43.6. The van der Waals surface area contributed by atoms with Crippen molar-refractivity contribution in [3.63, 3.8) is 0 Å². The van der Waals surface area contributed by atoms with Crippen LogP contribution in [-0.4, -0.2) is 0 Å². The van der Waals surface area contributed by atoms with E-state index in [1.54, 1.807) is 0 Å². The van der Waals surface area contributed by atoms with E-state index in [1.165, 1.54) is 117 Å². The number of hydrogen-bond donors (Lipinski definition) is 0. The quantitative estimate of drug-likeness (QED) is 0.154. The van der Waals surface area contributed by atoms with E-state index in [1.807, 2.05) is 0 Å². The fourth-order valence-corrected chi connectivity index (χ4v) is 11.4. The molecule has 0 saturated heterocycles. The van der Waals surface area contributed by atoms with Crippen LogP contribution in [0.2, 0.25) is 0 Å². The van der Waals surface area contributed by atoms with Gasteiger partial charge in [-0.05, 0) is 169 Å². The molecule has 4 aliphatic rings. The molecule has 0 aromatic heterocycles. The van der Waals surface area contributed by atoms with Gasteiger partial charge in [0.25, 0.3) is 0 Å². The minimum absolute atomic E-state index is 0.918. The molecule has 2 aliphatic heterocycles. The molecule has 13 rings (SSSR count). The van der Waals surface area contributed by atoms with E-state index in [4.69, 9.17) is 0 Å². The number of para-hydroxylation sites is 3. The summed E-state index contributed by atoms with van der Waals surface area (Å²) < 4.78 is 0. The van der Waals surface area contributed by atoms with Crippen molar-refractivity contribution >= 4 is 55.6 Å². The van der Waals surface area contributed by atoms with Gasteiger partial charge in [0.2, 0.25) is 0 Å². The molecule has 0 spiro atoms. The van der Waals surface area contributed by atoms with Crippen LogP contribution in [-0.2, 0) is 12.8 Å². The molecule has 0 saturated carbocycles. The lowest BCUT2D eigenvalue weighted by Gasteiger charge is -2.36. The van der Waals surface area contributed by atoms with Crippen LogP contribution in [0.15, 0.2) is 230 Å². The second kappa shape index (κ2) is 15.9. The Balaban J connectivity index is 1.17. The van der Waals surface area contributed by atoms with Crippen molar-refractivity contribution < 1.29 is 0 Å². The Kier molecular flexibility index (Phi) is 9.30. The summed E-state index contributed by atoms with van der Waals surface area (Å²) in [4.78, 5) is 5.04. The molecular formula is C64H48N2. The highest BCUT2D eigenvalue weighted by Crippen LogP contribution is 2.52. The number of benzene rings is 9. The second-order valence-corrected chi connectivity index (χ2v) is 18.2. The fourth-order valence-electron chi connectivity index (χ4n) is 11.4. The molecule has 0 fully saturated rings. The minimum Gasteiger partial charge on any atom is -0.310 e. The Bertz CT molecular complexity index is 3500. The van der Waals surface area contributed by atoms with Gasteiger partial charge < -0.3 is 9.80 Å². The molecule has 9 aromatic carbocycles. The van der Waals surface area contributed by atoms with E-state index in [0.29, 0.717) is 0 Å². The van der Waals surface area contributed by atoms with Gasteiger partial charge in [-0.25, -0.2) is 0 Å². The molecule has 2 aliphatic carbocycles. The van der Waals surface area contributed by atoms with Crippen molar-refractivity contribution in [2.75, 3.05) is 9.80 Å². The molecule has 0 unspecified atom stereocenters. The lowest BCUT2D eigenvalue weighted by atomic mass is 9.81. The minimum atomic E-state index is 0.918. The average molecular weight is 845 g/mol. The molecular weight excluding hydrogens is 797 g/mol. The first-order valence-electron chi connectivity index (χ1n) is 23.6. The molecule has 0 N–H and O–H groups in total. The highest BCUT2D eigenvalue weighted by Gasteiger charge is 2.29. The predicted octanol–water partition coefficient (Wildman–Crippen LogP) is 17.4. The van der Waals surface area contributed by atoms with Gasteiger partial charge in [-0.3, -0.25) is 0 Å². The summed E-state index contributed by atoms with van der Waals surface area (Å²) in [6, 6.07) is 70.7. The molecule has 9 aromatic rings. The largest absolute Gasteiger partial charge is 0.310 e. The average Bonchev–Trinajstić information content (AvgIpc) is 3.39. The van der Waals surface area contributed by atoms with E-state index in [-0.39, 0.29) is 0 Å². The Hall–Kier alpha value is -7.94. The van der Waals surface area contributed by atoms with E-state index < -0.39 is 0 Å². The number of fused-ring (bicyclic) bond motifs is 5. The normalized spacial score (nSPS) is 15.1. The monoisotopic (exact) mass is 844 g/mol. The zero-order valence-electron chi connectivity index (χ0n) is 36.9. The van der Waals surface area contributed by atoms with Gasteiger partial charge in [-0.1, -0.05) is 170 Å². The zero-order valence-corrected chi connectivity index (χ0v) is 36.9. The van der Waals surface area contributed by atoms with Crippen LogP contribution >= 0.6 is 0 Å². The van der Waals surface area contributed by atoms with Crippen LogP contribution in [0.3, 0.4) is 0 Å². The van der Waals surface area contributed by atoms with Crippen molar-refractivity contribution in [1.82, 2.24) is 0 Å². The van der Waals surface area contributed by atoms with Gasteiger partial charge in [-0.2, -0.15) is 0 Å². The maximum absolute atomic E-state index is 2.54. The van der Waals surface area contributed by atoms with Gasteiger partial charge >= 0.3 is 0 Å². The first-order valence-corrected chi connectivity index (χ1v) is 23.6. The summed E-state index contributed by atoms with van der Waals surface area (Å²) in [5.74, 6) is 0. The number of allylic oxidation sites excluding steroid dienone is 7. The van der Waals surface area contributed by atoms with Crippen molar-refractivity contribution in [3.05, 3.63) is 252 Å². The van der Waals surface area contributed by atoms with Gasteiger partial charge in [0.15, 0.2) is 0 Å². The number of anilines is 5. The Labute approximate surface area is 387 Å². The Morgan fingerprint density at radius 1 is 0.379 bits per heavy atom. The van der Waals surface area contributed by atoms with Crippen LogP contribution in [0.4, 0.5) is 28.4 Å². The van der Waals surface area contributed by atoms with Crippen LogP contribution in [0.5, 0.6) is 0 Å². The van der Waals surface area contributed by atoms with Crippen LogP contribution < -0.4 is 9.80 Å². The first kappa shape index (κ1) is 38.5. The van der Waals surface area contributed by atoms with Crippen molar-refractivity contribution in [2.45, 2.75) is 38.5 Å². The Morgan fingerprint density at radius 2 is 0.894 bits per heavy atom. The first-order chi connectivity index (χ1) is 32.8. The fraction of sp³-hybridized carbons (Fsp3) is 0.0938. The SMILES string of the molecule is C1=CCCC(c2ccccc2-c2c3cc(N4c5ccccc5Cc5ccccc54)ccc3c(-c3ccccc3-c3ccccc3)c3cc(N4C5=C(CCC=C5)Cc5ccccc54)ccc23)=C1. The summed E-state index contributed by atoms with van der Waals surface area (Å²) >= 11 is 0. The molecule has 2 nitrogen and oxygen atoms in total. The van der Waals surface area contributed by atoms with Gasteiger partial charge in [-0.15, -0.1) is 0 Å². The van der Waals surface area contributed by atoms with E-state index in [9.17, 15) is 0 Å². The topological polar surface area (TPSA) is 6.48 Å². The molecule has 2 heterocycles. The lowest BCUT2D eigenvalue weighted by molar-refractivity contribution is 0.857. The third kappa shape index (κ3) is 6.31. The number of nitrogens with zero attached hydrogens (tertiary/aromatic N) is 2. The van der Waals surface area contributed by atoms with Crippen molar-refractivity contribution in [2.24, 2.45) is 0 Å². The maximum atomic E-state index is 2.54. The molecule has 0 bridgehead atoms. The van der Waals surface area contributed by atoms with E-state index in [0.717, 1.165) is 44.2 Å². The van der Waals surface area contributed by atoms with Gasteiger partial charge in [0, 0.05) is 40.6 Å². The number of hydrogen-bond acceptors (Lipinski definition) is 2. The highest BCUT2D eigenvalue weighted by molar-refractivity contribution is 6.24. The molecule has 0 atom stereocenters. The predicted molar refractivity (Wildman–Crippen MR) is 279 cm³/mol. The van der Waals surface area contributed by atoms with Gasteiger partial charge in [0.1, 0.15) is 0 Å². The highest BCUT2D eigenvalue weighted by atomic mass is 15.2. The number of rotatable bonds is 6. The third-order valence-corrected chi connectivity index (χ3v) is 14.4. The third-order valence-electron chi connectivity index (χ3n) is 14.4. The van der Waals surface area contributed by atoms with Crippen LogP contribution in [0.25, 0.3) is 60.5 Å². The van der Waals surface area contributed by atoms with Gasteiger partial charge in [0.05, 0.1) is 0 Å². The van der Waals surface area contributed by atoms with Crippen molar-refractivity contribution in [1.29, 1.82) is 0 Å². The smallest absolute Gasteiger partial charge is 0.0497 e. The molecule has 66 heavy (non-hydrogen) atoms. The molecule has 314 valence electrons. The summed E-state index contributed by atoms with van der Waals surface area (Å²) in [5.41, 5.74) is 23.1. The standard InChI is InChI=1S/C64H48N2/c1-3-19-43(20-4-1)51-27-11-13-29-53(51)63-55-37-35-50(66-61-33-17-9-25-47(61)40-48-26-10-18-34-62(48)66)42-58(55)64(54-30-14-12-28-52(54)44-21-5-2-6-22-44)56-38-36-49(41-57(56)63)65-59-31-15-7-23-45(59)39-46-24-8-16-32-60(46)65/h1-5,7,9-21,23,25-38,41-42H,6,8,22,24,39-40H2. The summed E-state index contributed by atoms with van der Waals surface area (Å²) in [6.45, 7) is 0.